The van der Waals surface area contributed by atoms with Crippen LogP contribution in [0.3, 0.4) is 0 Å². The molecule has 2 aromatic carbocycles. The minimum absolute atomic E-state index is 0.154. The molecule has 1 aliphatic heterocycles. The van der Waals surface area contributed by atoms with E-state index in [4.69, 9.17) is 4.74 Å². The van der Waals surface area contributed by atoms with Crippen molar-refractivity contribution in [3.05, 3.63) is 64.1 Å². The van der Waals surface area contributed by atoms with Gasteiger partial charge in [-0.3, -0.25) is 9.59 Å². The van der Waals surface area contributed by atoms with Gasteiger partial charge in [-0.15, -0.1) is 0 Å². The summed E-state index contributed by atoms with van der Waals surface area (Å²) in [5.74, 6) is -0.574. The molecule has 0 N–H and O–H groups in total. The molecule has 0 unspecified atom stereocenters. The van der Waals surface area contributed by atoms with Crippen LogP contribution in [-0.2, 0) is 27.2 Å². The molecule has 0 saturated heterocycles. The fourth-order valence-corrected chi connectivity index (χ4v) is 3.11. The number of hydrogen-bond donors (Lipinski definition) is 0. The fourth-order valence-electron chi connectivity index (χ4n) is 2.84. The molecule has 0 radical (unpaired) electrons. The summed E-state index contributed by atoms with van der Waals surface area (Å²) in [6, 6.07) is 15.3. The molecule has 0 aromatic heterocycles. The van der Waals surface area contributed by atoms with Crippen molar-refractivity contribution in [2.24, 2.45) is 0 Å². The maximum atomic E-state index is 12.6. The highest BCUT2D eigenvalue weighted by molar-refractivity contribution is 9.10. The average Bonchev–Trinajstić information content (AvgIpc) is 3.00. The lowest BCUT2D eigenvalue weighted by Crippen LogP contribution is -2.39. The Bertz CT molecular complexity index is 757. The van der Waals surface area contributed by atoms with E-state index < -0.39 is 12.1 Å². The quantitative estimate of drug-likeness (QED) is 0.754. The summed E-state index contributed by atoms with van der Waals surface area (Å²) in [5.41, 5.74) is 2.92. The van der Waals surface area contributed by atoms with Gasteiger partial charge in [0.2, 0.25) is 0 Å². The molecule has 0 spiro atoms. The van der Waals surface area contributed by atoms with E-state index >= 15 is 0 Å². The van der Waals surface area contributed by atoms with E-state index in [0.717, 1.165) is 27.7 Å². The van der Waals surface area contributed by atoms with E-state index in [-0.39, 0.29) is 12.3 Å². The van der Waals surface area contributed by atoms with Crippen LogP contribution in [-0.4, -0.2) is 24.5 Å². The second-order valence-corrected chi connectivity index (χ2v) is 6.72. The summed E-state index contributed by atoms with van der Waals surface area (Å²) >= 11 is 3.36. The predicted octanol–water partition coefficient (Wildman–Crippen LogP) is 3.51. The summed E-state index contributed by atoms with van der Waals surface area (Å²) in [6.45, 7) is 2.26. The van der Waals surface area contributed by atoms with Crippen molar-refractivity contribution in [2.75, 3.05) is 11.4 Å². The van der Waals surface area contributed by atoms with Gasteiger partial charge >= 0.3 is 5.97 Å². The zero-order chi connectivity index (χ0) is 17.1. The molecule has 0 bridgehead atoms. The van der Waals surface area contributed by atoms with Crippen LogP contribution in [0.5, 0.6) is 0 Å². The van der Waals surface area contributed by atoms with Gasteiger partial charge in [0.1, 0.15) is 0 Å². The van der Waals surface area contributed by atoms with Crippen LogP contribution < -0.4 is 4.90 Å². The average molecular weight is 388 g/mol. The SMILES string of the molecule is C[C@@H](OC(=O)Cc1ccc(Br)cc1)C(=O)N1CCc2ccccc21. The molecular formula is C19H18BrNO3. The fraction of sp³-hybridized carbons (Fsp3) is 0.263. The Balaban J connectivity index is 1.60. The van der Waals surface area contributed by atoms with Crippen LogP contribution in [0.2, 0.25) is 0 Å². The summed E-state index contributed by atoms with van der Waals surface area (Å²) in [4.78, 5) is 26.4. The van der Waals surface area contributed by atoms with Crippen LogP contribution >= 0.6 is 15.9 Å². The van der Waals surface area contributed by atoms with Gasteiger partial charge < -0.3 is 9.64 Å². The van der Waals surface area contributed by atoms with Crippen molar-refractivity contribution in [2.45, 2.75) is 25.9 Å². The first-order valence-corrected chi connectivity index (χ1v) is 8.67. The smallest absolute Gasteiger partial charge is 0.311 e. The number of amides is 1. The minimum atomic E-state index is -0.792. The molecule has 5 heteroatoms. The van der Waals surface area contributed by atoms with Gasteiger partial charge in [-0.2, -0.15) is 0 Å². The number of para-hydroxylation sites is 1. The molecule has 0 fully saturated rings. The standard InChI is InChI=1S/C19H18BrNO3/c1-13(24-18(22)12-14-6-8-16(20)9-7-14)19(23)21-11-10-15-4-2-3-5-17(15)21/h2-9,13H,10-12H2,1H3/t13-/m1/s1. The Morgan fingerprint density at radius 1 is 1.17 bits per heavy atom. The summed E-state index contributed by atoms with van der Waals surface area (Å²) < 4.78 is 6.29. The highest BCUT2D eigenvalue weighted by Gasteiger charge is 2.29. The molecule has 1 atom stereocenters. The number of hydrogen-bond acceptors (Lipinski definition) is 3. The zero-order valence-electron chi connectivity index (χ0n) is 13.4. The molecule has 3 rings (SSSR count). The Kier molecular flexibility index (Phi) is 5.00. The van der Waals surface area contributed by atoms with Crippen molar-refractivity contribution in [3.8, 4) is 0 Å². The molecular weight excluding hydrogens is 370 g/mol. The molecule has 1 aliphatic rings. The van der Waals surface area contributed by atoms with Gasteiger partial charge in [-0.25, -0.2) is 0 Å². The van der Waals surface area contributed by atoms with Crippen molar-refractivity contribution in [1.29, 1.82) is 0 Å². The van der Waals surface area contributed by atoms with Gasteiger partial charge in [-0.05, 0) is 42.7 Å². The van der Waals surface area contributed by atoms with Gasteiger partial charge in [0.15, 0.2) is 6.10 Å². The highest BCUT2D eigenvalue weighted by Crippen LogP contribution is 2.28. The van der Waals surface area contributed by atoms with Crippen molar-refractivity contribution in [3.63, 3.8) is 0 Å². The first kappa shape index (κ1) is 16.7. The molecule has 1 amide bonds. The molecule has 0 saturated carbocycles. The number of carbonyl (C=O) groups excluding carboxylic acids is 2. The Morgan fingerprint density at radius 2 is 1.88 bits per heavy atom. The number of carbonyl (C=O) groups is 2. The first-order chi connectivity index (χ1) is 11.5. The maximum absolute atomic E-state index is 12.6. The summed E-state index contributed by atoms with van der Waals surface area (Å²) in [6.07, 6.45) is 0.197. The number of nitrogens with zero attached hydrogens (tertiary/aromatic N) is 1. The second-order valence-electron chi connectivity index (χ2n) is 5.80. The Morgan fingerprint density at radius 3 is 2.62 bits per heavy atom. The maximum Gasteiger partial charge on any atom is 0.311 e. The van der Waals surface area contributed by atoms with E-state index in [1.807, 2.05) is 48.5 Å². The molecule has 1 heterocycles. The van der Waals surface area contributed by atoms with E-state index in [9.17, 15) is 9.59 Å². The topological polar surface area (TPSA) is 46.6 Å². The Hall–Kier alpha value is -2.14. The van der Waals surface area contributed by atoms with Gasteiger partial charge in [0.25, 0.3) is 5.91 Å². The van der Waals surface area contributed by atoms with E-state index in [2.05, 4.69) is 15.9 Å². The number of halogens is 1. The lowest BCUT2D eigenvalue weighted by atomic mass is 10.1. The third kappa shape index (κ3) is 3.67. The van der Waals surface area contributed by atoms with E-state index in [0.29, 0.717) is 6.54 Å². The number of fused-ring (bicyclic) bond motifs is 1. The van der Waals surface area contributed by atoms with Crippen molar-refractivity contribution in [1.82, 2.24) is 0 Å². The second kappa shape index (κ2) is 7.18. The number of benzene rings is 2. The number of ether oxygens (including phenoxy) is 1. The van der Waals surface area contributed by atoms with Crippen molar-refractivity contribution < 1.29 is 14.3 Å². The van der Waals surface area contributed by atoms with E-state index in [1.54, 1.807) is 11.8 Å². The third-order valence-corrected chi connectivity index (χ3v) is 4.60. The first-order valence-electron chi connectivity index (χ1n) is 7.88. The zero-order valence-corrected chi connectivity index (χ0v) is 15.0. The van der Waals surface area contributed by atoms with Gasteiger partial charge in [-0.1, -0.05) is 46.3 Å². The highest BCUT2D eigenvalue weighted by atomic mass is 79.9. The minimum Gasteiger partial charge on any atom is -0.452 e. The lowest BCUT2D eigenvalue weighted by Gasteiger charge is -2.21. The molecule has 2 aromatic rings. The third-order valence-electron chi connectivity index (χ3n) is 4.07. The van der Waals surface area contributed by atoms with Crippen molar-refractivity contribution >= 4 is 33.5 Å². The largest absolute Gasteiger partial charge is 0.452 e. The normalized spacial score (nSPS) is 14.2. The summed E-state index contributed by atoms with van der Waals surface area (Å²) in [5, 5.41) is 0. The molecule has 124 valence electrons. The van der Waals surface area contributed by atoms with Gasteiger partial charge in [0.05, 0.1) is 6.42 Å². The predicted molar refractivity (Wildman–Crippen MR) is 95.9 cm³/mol. The Labute approximate surface area is 149 Å². The molecule has 4 nitrogen and oxygen atoms in total. The number of rotatable bonds is 4. The lowest BCUT2D eigenvalue weighted by molar-refractivity contribution is -0.153. The van der Waals surface area contributed by atoms with Crippen LogP contribution in [0.25, 0.3) is 0 Å². The van der Waals surface area contributed by atoms with Gasteiger partial charge in [0, 0.05) is 16.7 Å². The molecule has 0 aliphatic carbocycles. The number of anilines is 1. The van der Waals surface area contributed by atoms with Crippen LogP contribution in [0.1, 0.15) is 18.1 Å². The van der Waals surface area contributed by atoms with Crippen LogP contribution in [0, 0.1) is 0 Å². The number of esters is 1. The van der Waals surface area contributed by atoms with Crippen LogP contribution in [0.15, 0.2) is 53.0 Å². The molecule has 24 heavy (non-hydrogen) atoms. The monoisotopic (exact) mass is 387 g/mol. The van der Waals surface area contributed by atoms with Crippen LogP contribution in [0.4, 0.5) is 5.69 Å². The summed E-state index contributed by atoms with van der Waals surface area (Å²) in [7, 11) is 0. The van der Waals surface area contributed by atoms with E-state index in [1.165, 1.54) is 0 Å².